The van der Waals surface area contributed by atoms with Crippen LogP contribution < -0.4 is 25.0 Å². The first-order valence-corrected chi connectivity index (χ1v) is 11.3. The van der Waals surface area contributed by atoms with Gasteiger partial charge in [0.25, 0.3) is 21.8 Å². The van der Waals surface area contributed by atoms with E-state index in [2.05, 4.69) is 15.6 Å². The van der Waals surface area contributed by atoms with Crippen LogP contribution in [0.2, 0.25) is 5.02 Å². The first-order chi connectivity index (χ1) is 15.7. The molecule has 3 N–H and O–H groups in total. The van der Waals surface area contributed by atoms with Gasteiger partial charge in [-0.05, 0) is 60.7 Å². The van der Waals surface area contributed by atoms with E-state index in [1.165, 1.54) is 62.8 Å². The second-order valence-corrected chi connectivity index (χ2v) is 8.77. The van der Waals surface area contributed by atoms with E-state index < -0.39 is 21.8 Å². The molecule has 0 unspecified atom stereocenters. The third-order valence-corrected chi connectivity index (χ3v) is 6.08. The number of sulfonamides is 1. The molecular formula is C22H20ClN3O6S. The number of rotatable bonds is 7. The molecule has 0 aliphatic heterocycles. The van der Waals surface area contributed by atoms with Crippen molar-refractivity contribution in [2.75, 3.05) is 18.9 Å². The third-order valence-electron chi connectivity index (χ3n) is 4.43. The maximum atomic E-state index is 12.5. The molecule has 0 aromatic heterocycles. The van der Waals surface area contributed by atoms with E-state index in [4.69, 9.17) is 21.1 Å². The van der Waals surface area contributed by atoms with Crippen molar-refractivity contribution < 1.29 is 27.5 Å². The molecule has 0 aliphatic rings. The minimum absolute atomic E-state index is 0.0403. The molecule has 0 radical (unpaired) electrons. The van der Waals surface area contributed by atoms with Crippen LogP contribution >= 0.6 is 11.6 Å². The Bertz CT molecular complexity index is 1240. The average molecular weight is 490 g/mol. The SMILES string of the molecule is COc1cc(OC)cc(C(=O)NNC(=O)c2ccc(S(=O)(=O)Nc3ccc(Cl)cc3)cc2)c1. The molecule has 33 heavy (non-hydrogen) atoms. The lowest BCUT2D eigenvalue weighted by atomic mass is 10.2. The largest absolute Gasteiger partial charge is 0.497 e. The highest BCUT2D eigenvalue weighted by molar-refractivity contribution is 7.92. The number of methoxy groups -OCH3 is 2. The lowest BCUT2D eigenvalue weighted by Gasteiger charge is -2.11. The van der Waals surface area contributed by atoms with Crippen molar-refractivity contribution in [1.82, 2.24) is 10.9 Å². The van der Waals surface area contributed by atoms with Crippen molar-refractivity contribution in [2.45, 2.75) is 4.90 Å². The minimum atomic E-state index is -3.86. The lowest BCUT2D eigenvalue weighted by Crippen LogP contribution is -2.41. The Balaban J connectivity index is 1.64. The second kappa shape index (κ2) is 10.2. The monoisotopic (exact) mass is 489 g/mol. The molecule has 3 aromatic carbocycles. The Labute approximate surface area is 195 Å². The van der Waals surface area contributed by atoms with Gasteiger partial charge in [-0.1, -0.05) is 11.6 Å². The quantitative estimate of drug-likeness (QED) is 0.438. The van der Waals surface area contributed by atoms with Gasteiger partial charge in [0.15, 0.2) is 0 Å². The number of carbonyl (C=O) groups excluding carboxylic acids is 2. The molecule has 0 saturated heterocycles. The van der Waals surface area contributed by atoms with Gasteiger partial charge in [0.2, 0.25) is 0 Å². The molecule has 0 bridgehead atoms. The highest BCUT2D eigenvalue weighted by Crippen LogP contribution is 2.22. The molecule has 3 rings (SSSR count). The summed E-state index contributed by atoms with van der Waals surface area (Å²) in [5.74, 6) is -0.399. The molecule has 0 saturated carbocycles. The van der Waals surface area contributed by atoms with Crippen molar-refractivity contribution in [3.63, 3.8) is 0 Å². The minimum Gasteiger partial charge on any atom is -0.497 e. The number of benzene rings is 3. The summed E-state index contributed by atoms with van der Waals surface area (Å²) in [6.07, 6.45) is 0. The van der Waals surface area contributed by atoms with Crippen molar-refractivity contribution in [3.8, 4) is 11.5 Å². The molecule has 0 heterocycles. The van der Waals surface area contributed by atoms with Crippen molar-refractivity contribution in [1.29, 1.82) is 0 Å². The van der Waals surface area contributed by atoms with Crippen LogP contribution in [0.1, 0.15) is 20.7 Å². The van der Waals surface area contributed by atoms with Gasteiger partial charge in [0, 0.05) is 27.9 Å². The fourth-order valence-corrected chi connectivity index (χ4v) is 3.90. The zero-order valence-corrected chi connectivity index (χ0v) is 19.2. The summed E-state index contributed by atoms with van der Waals surface area (Å²) in [7, 11) is -0.959. The second-order valence-electron chi connectivity index (χ2n) is 6.65. The van der Waals surface area contributed by atoms with E-state index in [0.717, 1.165) is 0 Å². The number of ether oxygens (including phenoxy) is 2. The number of nitrogens with one attached hydrogen (secondary N) is 3. The van der Waals surface area contributed by atoms with Crippen LogP contribution in [0.4, 0.5) is 5.69 Å². The Hall–Kier alpha value is -3.76. The summed E-state index contributed by atoms with van der Waals surface area (Å²) in [5.41, 5.74) is 5.27. The van der Waals surface area contributed by atoms with Gasteiger partial charge in [-0.15, -0.1) is 0 Å². The van der Waals surface area contributed by atoms with Crippen LogP contribution in [0.3, 0.4) is 0 Å². The average Bonchev–Trinajstić information content (AvgIpc) is 2.83. The fourth-order valence-electron chi connectivity index (χ4n) is 2.71. The summed E-state index contributed by atoms with van der Waals surface area (Å²) in [6, 6.07) is 16.0. The van der Waals surface area contributed by atoms with Gasteiger partial charge in [-0.2, -0.15) is 0 Å². The van der Waals surface area contributed by atoms with Crippen LogP contribution in [0.15, 0.2) is 71.6 Å². The van der Waals surface area contributed by atoms with E-state index >= 15 is 0 Å². The summed E-state index contributed by atoms with van der Waals surface area (Å²) in [5, 5.41) is 0.478. The number of halogens is 1. The number of amides is 2. The lowest BCUT2D eigenvalue weighted by molar-refractivity contribution is 0.0846. The van der Waals surface area contributed by atoms with E-state index in [-0.39, 0.29) is 16.0 Å². The maximum absolute atomic E-state index is 12.5. The fraction of sp³-hybridized carbons (Fsp3) is 0.0909. The summed E-state index contributed by atoms with van der Waals surface area (Å²) in [6.45, 7) is 0. The van der Waals surface area contributed by atoms with Gasteiger partial charge in [-0.25, -0.2) is 8.42 Å². The maximum Gasteiger partial charge on any atom is 0.269 e. The van der Waals surface area contributed by atoms with Crippen LogP contribution in [0.5, 0.6) is 11.5 Å². The third kappa shape index (κ3) is 6.15. The highest BCUT2D eigenvalue weighted by Gasteiger charge is 2.16. The van der Waals surface area contributed by atoms with Crippen molar-refractivity contribution >= 4 is 39.1 Å². The molecule has 0 aliphatic carbocycles. The topological polar surface area (TPSA) is 123 Å². The number of hydrogen-bond acceptors (Lipinski definition) is 6. The summed E-state index contributed by atoms with van der Waals surface area (Å²) < 4.78 is 37.7. The molecular weight excluding hydrogens is 470 g/mol. The molecule has 9 nitrogen and oxygen atoms in total. The molecule has 0 atom stereocenters. The van der Waals surface area contributed by atoms with Crippen LogP contribution in [-0.2, 0) is 10.0 Å². The zero-order chi connectivity index (χ0) is 24.0. The molecule has 3 aromatic rings. The molecule has 11 heteroatoms. The van der Waals surface area contributed by atoms with Crippen molar-refractivity contribution in [2.24, 2.45) is 0 Å². The Morgan fingerprint density at radius 2 is 1.27 bits per heavy atom. The van der Waals surface area contributed by atoms with Gasteiger partial charge >= 0.3 is 0 Å². The molecule has 0 spiro atoms. The molecule has 172 valence electrons. The highest BCUT2D eigenvalue weighted by atomic mass is 35.5. The van der Waals surface area contributed by atoms with Crippen LogP contribution in [0.25, 0.3) is 0 Å². The Kier molecular flexibility index (Phi) is 7.41. The van der Waals surface area contributed by atoms with Gasteiger partial charge in [0.1, 0.15) is 11.5 Å². The van der Waals surface area contributed by atoms with Crippen molar-refractivity contribution in [3.05, 3.63) is 82.9 Å². The van der Waals surface area contributed by atoms with E-state index in [1.807, 2.05) is 0 Å². The van der Waals surface area contributed by atoms with E-state index in [9.17, 15) is 18.0 Å². The predicted octanol–water partition coefficient (Wildman–Crippen LogP) is 3.23. The van der Waals surface area contributed by atoms with E-state index in [1.54, 1.807) is 18.2 Å². The summed E-state index contributed by atoms with van der Waals surface area (Å²) in [4.78, 5) is 24.7. The van der Waals surface area contributed by atoms with Gasteiger partial charge in [-0.3, -0.25) is 25.2 Å². The van der Waals surface area contributed by atoms with Gasteiger partial charge in [0.05, 0.1) is 19.1 Å². The number of hydrogen-bond donors (Lipinski definition) is 3. The van der Waals surface area contributed by atoms with Crippen LogP contribution in [0, 0.1) is 0 Å². The number of carbonyl (C=O) groups is 2. The Morgan fingerprint density at radius 3 is 1.79 bits per heavy atom. The molecule has 2 amide bonds. The first kappa shape index (κ1) is 23.9. The van der Waals surface area contributed by atoms with E-state index in [0.29, 0.717) is 22.2 Å². The molecule has 0 fully saturated rings. The smallest absolute Gasteiger partial charge is 0.269 e. The first-order valence-electron chi connectivity index (χ1n) is 9.44. The standard InChI is InChI=1S/C22H20ClN3O6S/c1-31-18-11-15(12-19(13-18)32-2)22(28)25-24-21(27)14-3-9-20(10-4-14)33(29,30)26-17-7-5-16(23)6-8-17/h3-13,26H,1-2H3,(H,24,27)(H,25,28). The Morgan fingerprint density at radius 1 is 0.758 bits per heavy atom. The van der Waals surface area contributed by atoms with Gasteiger partial charge < -0.3 is 9.47 Å². The predicted molar refractivity (Wildman–Crippen MR) is 123 cm³/mol. The zero-order valence-electron chi connectivity index (χ0n) is 17.6. The van der Waals surface area contributed by atoms with Crippen LogP contribution in [-0.4, -0.2) is 34.5 Å². The number of anilines is 1. The summed E-state index contributed by atoms with van der Waals surface area (Å²) >= 11 is 5.80. The number of hydrazine groups is 1. The normalized spacial score (nSPS) is 10.8.